The van der Waals surface area contributed by atoms with Crippen LogP contribution in [-0.2, 0) is 0 Å². The average molecular weight is 277 g/mol. The molecule has 1 aromatic heterocycles. The summed E-state index contributed by atoms with van der Waals surface area (Å²) in [6.07, 6.45) is 3.19. The molecule has 0 radical (unpaired) electrons. The van der Waals surface area contributed by atoms with Crippen LogP contribution in [0.5, 0.6) is 0 Å². The van der Waals surface area contributed by atoms with Crippen molar-refractivity contribution in [3.63, 3.8) is 0 Å². The molecule has 1 amide bonds. The zero-order valence-electron chi connectivity index (χ0n) is 10.4. The summed E-state index contributed by atoms with van der Waals surface area (Å²) in [6.45, 7) is 4.65. The highest BCUT2D eigenvalue weighted by Gasteiger charge is 2.13. The molecule has 0 saturated heterocycles. The second-order valence-electron chi connectivity index (χ2n) is 3.96. The van der Waals surface area contributed by atoms with Crippen molar-refractivity contribution in [3.8, 4) is 0 Å². The van der Waals surface area contributed by atoms with Crippen molar-refractivity contribution < 1.29 is 4.79 Å². The molecule has 1 heterocycles. The Morgan fingerprint density at radius 3 is 2.71 bits per heavy atom. The normalized spacial score (nSPS) is 11.7. The number of nitrogens with two attached hydrogens (primary N) is 1. The van der Waals surface area contributed by atoms with Crippen LogP contribution < -0.4 is 11.1 Å². The molecule has 1 rings (SSSR count). The van der Waals surface area contributed by atoms with Gasteiger partial charge in [0.25, 0.3) is 5.91 Å². The summed E-state index contributed by atoms with van der Waals surface area (Å²) < 4.78 is 0. The Balaban J connectivity index is 0.00000256. The number of halogens is 1. The second-order valence-corrected chi connectivity index (χ2v) is 5.25. The van der Waals surface area contributed by atoms with Crippen molar-refractivity contribution in [1.82, 2.24) is 5.32 Å². The summed E-state index contributed by atoms with van der Waals surface area (Å²) in [7, 11) is 0. The van der Waals surface area contributed by atoms with E-state index in [9.17, 15) is 4.79 Å². The van der Waals surface area contributed by atoms with E-state index in [0.29, 0.717) is 6.54 Å². The number of amides is 1. The minimum Gasteiger partial charge on any atom is -0.347 e. The predicted molar refractivity (Wildman–Crippen MR) is 76.1 cm³/mol. The lowest BCUT2D eigenvalue weighted by Gasteiger charge is -2.15. The van der Waals surface area contributed by atoms with Crippen LogP contribution >= 0.6 is 23.7 Å². The molecule has 0 aliphatic carbocycles. The maximum Gasteiger partial charge on any atom is 0.261 e. The Morgan fingerprint density at radius 2 is 2.24 bits per heavy atom. The summed E-state index contributed by atoms with van der Waals surface area (Å²) >= 11 is 1.52. The number of nitrogens with one attached hydrogen (secondary N) is 1. The molecule has 98 valence electrons. The molecule has 5 heteroatoms. The molecule has 0 spiro atoms. The minimum absolute atomic E-state index is 0. The van der Waals surface area contributed by atoms with Crippen molar-refractivity contribution in [2.45, 2.75) is 39.2 Å². The summed E-state index contributed by atoms with van der Waals surface area (Å²) in [6, 6.07) is 3.93. The Hall–Kier alpha value is -0.580. The highest BCUT2D eigenvalue weighted by molar-refractivity contribution is 7.13. The van der Waals surface area contributed by atoms with Gasteiger partial charge in [0.1, 0.15) is 0 Å². The van der Waals surface area contributed by atoms with Gasteiger partial charge < -0.3 is 11.1 Å². The van der Waals surface area contributed by atoms with Crippen LogP contribution in [-0.4, -0.2) is 18.5 Å². The first-order chi connectivity index (χ1) is 7.67. The lowest BCUT2D eigenvalue weighted by Crippen LogP contribution is -2.39. The molecule has 3 nitrogen and oxygen atoms in total. The van der Waals surface area contributed by atoms with Gasteiger partial charge in [0.2, 0.25) is 0 Å². The molecule has 0 aromatic carbocycles. The van der Waals surface area contributed by atoms with Crippen LogP contribution in [0.15, 0.2) is 12.1 Å². The Kier molecular flexibility index (Phi) is 8.21. The Bertz CT molecular complexity index is 341. The second kappa shape index (κ2) is 8.50. The van der Waals surface area contributed by atoms with Crippen LogP contribution in [0.3, 0.4) is 0 Å². The lowest BCUT2D eigenvalue weighted by atomic mass is 10.1. The van der Waals surface area contributed by atoms with Crippen LogP contribution in [0.2, 0.25) is 0 Å². The standard InChI is InChI=1S/C12H20N2OS.ClH/c1-3-4-5-10(8-13)14-12(15)11-7-6-9(2)16-11;/h6-7,10H,3-5,8,13H2,1-2H3,(H,14,15);1H. The molecular formula is C12H21ClN2OS. The zero-order chi connectivity index (χ0) is 12.0. The van der Waals surface area contributed by atoms with E-state index in [4.69, 9.17) is 5.73 Å². The van der Waals surface area contributed by atoms with Crippen molar-refractivity contribution in [1.29, 1.82) is 0 Å². The van der Waals surface area contributed by atoms with Gasteiger partial charge in [-0.3, -0.25) is 4.79 Å². The van der Waals surface area contributed by atoms with Gasteiger partial charge >= 0.3 is 0 Å². The van der Waals surface area contributed by atoms with Gasteiger partial charge in [-0.05, 0) is 25.5 Å². The molecule has 0 bridgehead atoms. The van der Waals surface area contributed by atoms with E-state index in [2.05, 4.69) is 12.2 Å². The van der Waals surface area contributed by atoms with E-state index < -0.39 is 0 Å². The van der Waals surface area contributed by atoms with Crippen LogP contribution in [0.25, 0.3) is 0 Å². The highest BCUT2D eigenvalue weighted by atomic mass is 35.5. The van der Waals surface area contributed by atoms with Crippen molar-refractivity contribution in [3.05, 3.63) is 21.9 Å². The molecule has 1 aromatic rings. The predicted octanol–water partition coefficient (Wildman–Crippen LogP) is 2.73. The maximum atomic E-state index is 11.8. The lowest BCUT2D eigenvalue weighted by molar-refractivity contribution is 0.0940. The number of thiophene rings is 1. The fraction of sp³-hybridized carbons (Fsp3) is 0.583. The molecular weight excluding hydrogens is 256 g/mol. The molecule has 3 N–H and O–H groups in total. The van der Waals surface area contributed by atoms with Gasteiger partial charge in [-0.2, -0.15) is 0 Å². The van der Waals surface area contributed by atoms with E-state index >= 15 is 0 Å². The molecule has 1 unspecified atom stereocenters. The maximum absolute atomic E-state index is 11.8. The third-order valence-electron chi connectivity index (χ3n) is 2.49. The minimum atomic E-state index is 0. The Morgan fingerprint density at radius 1 is 1.53 bits per heavy atom. The van der Waals surface area contributed by atoms with Crippen LogP contribution in [0.4, 0.5) is 0 Å². The molecule has 0 saturated carbocycles. The summed E-state index contributed by atoms with van der Waals surface area (Å²) in [5.41, 5.74) is 5.63. The van der Waals surface area contributed by atoms with Crippen LogP contribution in [0, 0.1) is 6.92 Å². The third kappa shape index (κ3) is 5.52. The zero-order valence-corrected chi connectivity index (χ0v) is 12.0. The summed E-state index contributed by atoms with van der Waals surface area (Å²) in [4.78, 5) is 13.8. The smallest absolute Gasteiger partial charge is 0.261 e. The van der Waals surface area contributed by atoms with E-state index in [1.54, 1.807) is 0 Å². The molecule has 0 aliphatic heterocycles. The topological polar surface area (TPSA) is 55.1 Å². The van der Waals surface area contributed by atoms with Gasteiger partial charge in [-0.1, -0.05) is 19.8 Å². The molecule has 17 heavy (non-hydrogen) atoms. The number of hydrogen-bond donors (Lipinski definition) is 2. The van der Waals surface area contributed by atoms with Crippen molar-refractivity contribution in [2.75, 3.05) is 6.54 Å². The van der Waals surface area contributed by atoms with E-state index in [0.717, 1.165) is 29.0 Å². The number of carbonyl (C=O) groups excluding carboxylic acids is 1. The van der Waals surface area contributed by atoms with Crippen molar-refractivity contribution in [2.24, 2.45) is 5.73 Å². The van der Waals surface area contributed by atoms with Gasteiger partial charge in [0, 0.05) is 17.5 Å². The number of unbranched alkanes of at least 4 members (excludes halogenated alkanes) is 1. The molecule has 0 aliphatic rings. The number of rotatable bonds is 6. The first-order valence-electron chi connectivity index (χ1n) is 5.74. The van der Waals surface area contributed by atoms with Gasteiger partial charge in [-0.25, -0.2) is 0 Å². The van der Waals surface area contributed by atoms with E-state index in [1.807, 2.05) is 19.1 Å². The average Bonchev–Trinajstić information content (AvgIpc) is 2.70. The first-order valence-corrected chi connectivity index (χ1v) is 6.56. The van der Waals surface area contributed by atoms with Gasteiger partial charge in [0.15, 0.2) is 0 Å². The largest absolute Gasteiger partial charge is 0.347 e. The SMILES string of the molecule is CCCCC(CN)NC(=O)c1ccc(C)s1.Cl. The summed E-state index contributed by atoms with van der Waals surface area (Å²) in [5.74, 6) is 0.00431. The number of carbonyl (C=O) groups is 1. The van der Waals surface area contributed by atoms with E-state index in [1.165, 1.54) is 11.3 Å². The van der Waals surface area contributed by atoms with Gasteiger partial charge in [-0.15, -0.1) is 23.7 Å². The Labute approximate surface area is 113 Å². The van der Waals surface area contributed by atoms with E-state index in [-0.39, 0.29) is 24.4 Å². The molecule has 0 fully saturated rings. The van der Waals surface area contributed by atoms with Crippen molar-refractivity contribution >= 4 is 29.7 Å². The first kappa shape index (κ1) is 16.4. The highest BCUT2D eigenvalue weighted by Crippen LogP contribution is 2.15. The third-order valence-corrected chi connectivity index (χ3v) is 3.49. The fourth-order valence-corrected chi connectivity index (χ4v) is 2.28. The summed E-state index contributed by atoms with van der Waals surface area (Å²) in [5, 5.41) is 2.98. The van der Waals surface area contributed by atoms with Crippen LogP contribution in [0.1, 0.15) is 40.7 Å². The monoisotopic (exact) mass is 276 g/mol. The van der Waals surface area contributed by atoms with Gasteiger partial charge in [0.05, 0.1) is 4.88 Å². The quantitative estimate of drug-likeness (QED) is 0.839. The molecule has 1 atom stereocenters. The number of hydrogen-bond acceptors (Lipinski definition) is 3. The number of aryl methyl sites for hydroxylation is 1. The fourth-order valence-electron chi connectivity index (χ4n) is 1.51.